The van der Waals surface area contributed by atoms with Crippen LogP contribution >= 0.6 is 11.3 Å². The molecule has 5 nitrogen and oxygen atoms in total. The molecule has 0 atom stereocenters. The number of carbonyl (C=O) groups is 1. The number of alkyl halides is 3. The molecule has 3 rings (SSSR count). The van der Waals surface area contributed by atoms with Gasteiger partial charge in [0.2, 0.25) is 5.13 Å². The van der Waals surface area contributed by atoms with Gasteiger partial charge in [0.25, 0.3) is 0 Å². The fraction of sp³-hybridized carbons (Fsp3) is 0.786. The molecule has 1 saturated heterocycles. The average molecular weight is 348 g/mol. The van der Waals surface area contributed by atoms with Crippen molar-refractivity contribution in [3.05, 3.63) is 5.01 Å². The molecule has 1 aliphatic carbocycles. The van der Waals surface area contributed by atoms with Gasteiger partial charge in [0.1, 0.15) is 5.01 Å². The van der Waals surface area contributed by atoms with E-state index >= 15 is 0 Å². The Morgan fingerprint density at radius 3 is 2.30 bits per heavy atom. The number of hydrogen-bond acceptors (Lipinski definition) is 5. The maximum Gasteiger partial charge on any atom is 0.471 e. The third-order valence-corrected chi connectivity index (χ3v) is 5.61. The lowest BCUT2D eigenvalue weighted by Crippen LogP contribution is -2.52. The summed E-state index contributed by atoms with van der Waals surface area (Å²) in [4.78, 5) is 14.0. The van der Waals surface area contributed by atoms with Crippen molar-refractivity contribution in [1.29, 1.82) is 0 Å². The summed E-state index contributed by atoms with van der Waals surface area (Å²) in [6.45, 7) is 0.857. The topological polar surface area (TPSA) is 49.3 Å². The van der Waals surface area contributed by atoms with Crippen LogP contribution < -0.4 is 4.90 Å². The molecule has 1 amide bonds. The Hall–Kier alpha value is -1.38. The summed E-state index contributed by atoms with van der Waals surface area (Å²) < 4.78 is 37.3. The molecule has 0 spiro atoms. The van der Waals surface area contributed by atoms with Crippen LogP contribution in [0, 0.1) is 0 Å². The van der Waals surface area contributed by atoms with Crippen LogP contribution in [0.5, 0.6) is 0 Å². The molecule has 2 fully saturated rings. The van der Waals surface area contributed by atoms with E-state index in [9.17, 15) is 18.0 Å². The minimum Gasteiger partial charge on any atom is -0.343 e. The monoisotopic (exact) mass is 348 g/mol. The molecule has 9 heteroatoms. The van der Waals surface area contributed by atoms with Crippen LogP contribution in [0.2, 0.25) is 0 Å². The van der Waals surface area contributed by atoms with Crippen LogP contribution in [-0.2, 0) is 4.79 Å². The lowest BCUT2D eigenvalue weighted by atomic mass is 9.90. The molecule has 0 aromatic carbocycles. The molecule has 0 unspecified atom stereocenters. The van der Waals surface area contributed by atoms with Crippen molar-refractivity contribution in [2.24, 2.45) is 0 Å². The van der Waals surface area contributed by atoms with Gasteiger partial charge in [0.05, 0.1) is 0 Å². The lowest BCUT2D eigenvalue weighted by Gasteiger charge is -2.34. The van der Waals surface area contributed by atoms with E-state index in [1.807, 2.05) is 4.90 Å². The van der Waals surface area contributed by atoms with Crippen molar-refractivity contribution in [3.63, 3.8) is 0 Å². The minimum atomic E-state index is -4.79. The Morgan fingerprint density at radius 2 is 1.70 bits per heavy atom. The number of aromatic nitrogens is 2. The van der Waals surface area contributed by atoms with Crippen molar-refractivity contribution in [1.82, 2.24) is 15.1 Å². The van der Waals surface area contributed by atoms with Crippen LogP contribution in [0.25, 0.3) is 0 Å². The minimum absolute atomic E-state index is 0.0662. The normalized spacial score (nSPS) is 20.8. The summed E-state index contributed by atoms with van der Waals surface area (Å²) in [6.07, 6.45) is 1.21. The summed E-state index contributed by atoms with van der Waals surface area (Å²) in [7, 11) is 0. The number of piperazine rings is 1. The van der Waals surface area contributed by atoms with Crippen molar-refractivity contribution >= 4 is 22.4 Å². The molecule has 1 aliphatic heterocycles. The second kappa shape index (κ2) is 6.62. The summed E-state index contributed by atoms with van der Waals surface area (Å²) in [5.74, 6) is -1.28. The third kappa shape index (κ3) is 3.76. The van der Waals surface area contributed by atoms with Crippen molar-refractivity contribution in [3.8, 4) is 0 Å². The maximum absolute atomic E-state index is 12.4. The lowest BCUT2D eigenvalue weighted by molar-refractivity contribution is -0.185. The van der Waals surface area contributed by atoms with E-state index in [1.165, 1.54) is 30.6 Å². The summed E-state index contributed by atoms with van der Waals surface area (Å²) in [6, 6.07) is 0. The number of anilines is 1. The number of halogens is 3. The summed E-state index contributed by atoms with van der Waals surface area (Å²) in [5, 5.41) is 10.3. The second-order valence-electron chi connectivity index (χ2n) is 6.03. The highest BCUT2D eigenvalue weighted by molar-refractivity contribution is 7.15. The van der Waals surface area contributed by atoms with Gasteiger partial charge in [0.15, 0.2) is 0 Å². The van der Waals surface area contributed by atoms with E-state index < -0.39 is 12.1 Å². The number of amides is 1. The van der Waals surface area contributed by atoms with Crippen molar-refractivity contribution < 1.29 is 18.0 Å². The molecule has 2 aliphatic rings. The first kappa shape index (κ1) is 16.5. The van der Waals surface area contributed by atoms with E-state index in [2.05, 4.69) is 10.2 Å². The zero-order chi connectivity index (χ0) is 16.4. The smallest absolute Gasteiger partial charge is 0.343 e. The molecule has 2 heterocycles. The fourth-order valence-corrected chi connectivity index (χ4v) is 4.21. The molecule has 0 bridgehead atoms. The highest BCUT2D eigenvalue weighted by Crippen LogP contribution is 2.36. The first-order chi connectivity index (χ1) is 10.9. The van der Waals surface area contributed by atoms with Gasteiger partial charge in [-0.15, -0.1) is 10.2 Å². The highest BCUT2D eigenvalue weighted by atomic mass is 32.1. The van der Waals surface area contributed by atoms with Crippen LogP contribution in [0.4, 0.5) is 18.3 Å². The van der Waals surface area contributed by atoms with E-state index in [-0.39, 0.29) is 13.1 Å². The molecule has 0 radical (unpaired) electrons. The van der Waals surface area contributed by atoms with E-state index in [0.717, 1.165) is 27.9 Å². The summed E-state index contributed by atoms with van der Waals surface area (Å²) >= 11 is 1.54. The van der Waals surface area contributed by atoms with Gasteiger partial charge >= 0.3 is 12.1 Å². The van der Waals surface area contributed by atoms with E-state index in [0.29, 0.717) is 19.0 Å². The standard InChI is InChI=1S/C14H19F3N4OS/c15-14(16,17)12(22)20-6-8-21(9-7-20)13-19-18-11(23-13)10-4-2-1-3-5-10/h10H,1-9H2. The molecule has 23 heavy (non-hydrogen) atoms. The molecule has 1 aromatic rings. The number of hydrogen-bond donors (Lipinski definition) is 0. The number of rotatable bonds is 2. The van der Waals surface area contributed by atoms with Gasteiger partial charge in [-0.05, 0) is 12.8 Å². The molecule has 0 N–H and O–H groups in total. The Bertz CT molecular complexity index is 548. The Kier molecular flexibility index (Phi) is 4.74. The highest BCUT2D eigenvalue weighted by Gasteiger charge is 2.43. The SMILES string of the molecule is O=C(N1CCN(c2nnc(C3CCCCC3)s2)CC1)C(F)(F)F. The predicted molar refractivity (Wildman–Crippen MR) is 80.6 cm³/mol. The number of carbonyl (C=O) groups excluding carboxylic acids is 1. The van der Waals surface area contributed by atoms with Gasteiger partial charge in [0, 0.05) is 32.1 Å². The van der Waals surface area contributed by atoms with Crippen molar-refractivity contribution in [2.45, 2.75) is 44.2 Å². The predicted octanol–water partition coefficient (Wildman–Crippen LogP) is 2.80. The fourth-order valence-electron chi connectivity index (χ4n) is 3.15. The zero-order valence-electron chi connectivity index (χ0n) is 12.7. The first-order valence-corrected chi connectivity index (χ1v) is 8.71. The average Bonchev–Trinajstić information content (AvgIpc) is 3.04. The van der Waals surface area contributed by atoms with Gasteiger partial charge in [-0.2, -0.15) is 13.2 Å². The van der Waals surface area contributed by atoms with Crippen LogP contribution in [0.1, 0.15) is 43.0 Å². The zero-order valence-corrected chi connectivity index (χ0v) is 13.5. The molecular weight excluding hydrogens is 329 g/mol. The van der Waals surface area contributed by atoms with Gasteiger partial charge in [-0.3, -0.25) is 4.79 Å². The van der Waals surface area contributed by atoms with E-state index in [1.54, 1.807) is 0 Å². The second-order valence-corrected chi connectivity index (χ2v) is 7.02. The molecular formula is C14H19F3N4OS. The van der Waals surface area contributed by atoms with E-state index in [4.69, 9.17) is 0 Å². The van der Waals surface area contributed by atoms with Gasteiger partial charge in [-0.25, -0.2) is 0 Å². The van der Waals surface area contributed by atoms with Crippen molar-refractivity contribution in [2.75, 3.05) is 31.1 Å². The van der Waals surface area contributed by atoms with Gasteiger partial charge < -0.3 is 9.80 Å². The maximum atomic E-state index is 12.4. The molecule has 128 valence electrons. The third-order valence-electron chi connectivity index (χ3n) is 4.46. The Balaban J connectivity index is 1.58. The Labute approximate surface area is 136 Å². The van der Waals surface area contributed by atoms with Crippen LogP contribution in [0.3, 0.4) is 0 Å². The van der Waals surface area contributed by atoms with Crippen LogP contribution in [-0.4, -0.2) is 53.4 Å². The largest absolute Gasteiger partial charge is 0.471 e. The van der Waals surface area contributed by atoms with Gasteiger partial charge in [-0.1, -0.05) is 30.6 Å². The molecule has 1 saturated carbocycles. The van der Waals surface area contributed by atoms with Crippen LogP contribution in [0.15, 0.2) is 0 Å². The molecule has 1 aromatic heterocycles. The first-order valence-electron chi connectivity index (χ1n) is 7.89. The quantitative estimate of drug-likeness (QED) is 0.825. The number of nitrogens with zero attached hydrogens (tertiary/aromatic N) is 4. The Morgan fingerprint density at radius 1 is 1.04 bits per heavy atom. The summed E-state index contributed by atoms with van der Waals surface area (Å²) in [5.41, 5.74) is 0.